The Morgan fingerprint density at radius 1 is 1.40 bits per heavy atom. The van der Waals surface area contributed by atoms with Crippen LogP contribution in [0.25, 0.3) is 0 Å². The second-order valence-electron chi connectivity index (χ2n) is 4.15. The first-order chi connectivity index (χ1) is 9.78. The number of nitrogens with zero attached hydrogens (tertiary/aromatic N) is 1. The van der Waals surface area contributed by atoms with E-state index in [1.165, 1.54) is 11.3 Å². The quantitative estimate of drug-likeness (QED) is 0.793. The van der Waals surface area contributed by atoms with Gasteiger partial charge in [0.2, 0.25) is 5.91 Å². The number of carbonyl (C=O) groups excluding carboxylic acids is 1. The zero-order valence-electron chi connectivity index (χ0n) is 11.0. The zero-order valence-corrected chi connectivity index (χ0v) is 11.9. The first-order valence-electron chi connectivity index (χ1n) is 6.32. The second-order valence-corrected chi connectivity index (χ2v) is 5.01. The molecule has 20 heavy (non-hydrogen) atoms. The monoisotopic (exact) mass is 288 g/mol. The van der Waals surface area contributed by atoms with Gasteiger partial charge in [0.05, 0.1) is 0 Å². The SMILES string of the molecule is C=CCCC(=O)NCc1ccc(Oc2nccs2)cc1. The molecule has 0 spiro atoms. The molecule has 1 aromatic heterocycles. The molecule has 0 unspecified atom stereocenters. The number of hydrogen-bond donors (Lipinski definition) is 1. The number of thiazole rings is 1. The van der Waals surface area contributed by atoms with Crippen LogP contribution in [0.4, 0.5) is 0 Å². The van der Waals surface area contributed by atoms with Crippen LogP contribution in [0, 0.1) is 0 Å². The average molecular weight is 288 g/mol. The van der Waals surface area contributed by atoms with Gasteiger partial charge in [0, 0.05) is 24.5 Å². The fourth-order valence-corrected chi connectivity index (χ4v) is 2.06. The highest BCUT2D eigenvalue weighted by atomic mass is 32.1. The van der Waals surface area contributed by atoms with Gasteiger partial charge in [-0.3, -0.25) is 4.79 Å². The smallest absolute Gasteiger partial charge is 0.278 e. The van der Waals surface area contributed by atoms with E-state index in [-0.39, 0.29) is 5.91 Å². The Hall–Kier alpha value is -2.14. The standard InChI is InChI=1S/C15H16N2O2S/c1-2-3-4-14(18)17-11-12-5-7-13(8-6-12)19-15-16-9-10-20-15/h2,5-10H,1,3-4,11H2,(H,17,18). The van der Waals surface area contributed by atoms with E-state index in [1.54, 1.807) is 12.3 Å². The maximum absolute atomic E-state index is 11.5. The molecule has 1 heterocycles. The Morgan fingerprint density at radius 2 is 2.20 bits per heavy atom. The molecule has 4 nitrogen and oxygen atoms in total. The van der Waals surface area contributed by atoms with Gasteiger partial charge in [-0.15, -0.1) is 6.58 Å². The van der Waals surface area contributed by atoms with E-state index >= 15 is 0 Å². The van der Waals surface area contributed by atoms with Crippen molar-refractivity contribution in [3.8, 4) is 10.9 Å². The highest BCUT2D eigenvalue weighted by Crippen LogP contribution is 2.23. The summed E-state index contributed by atoms with van der Waals surface area (Å²) in [5.74, 6) is 0.773. The molecule has 0 saturated carbocycles. The van der Waals surface area contributed by atoms with Gasteiger partial charge in [-0.25, -0.2) is 4.98 Å². The number of benzene rings is 1. The van der Waals surface area contributed by atoms with Crippen LogP contribution in [0.5, 0.6) is 10.9 Å². The second kappa shape index (κ2) is 7.45. The summed E-state index contributed by atoms with van der Waals surface area (Å²) in [5.41, 5.74) is 1.03. The first-order valence-corrected chi connectivity index (χ1v) is 7.20. The lowest BCUT2D eigenvalue weighted by molar-refractivity contribution is -0.121. The Bertz CT molecular complexity index is 550. The van der Waals surface area contributed by atoms with Crippen LogP contribution in [0.3, 0.4) is 0 Å². The topological polar surface area (TPSA) is 51.2 Å². The number of hydrogen-bond acceptors (Lipinski definition) is 4. The molecule has 1 N–H and O–H groups in total. The molecule has 5 heteroatoms. The van der Waals surface area contributed by atoms with E-state index in [1.807, 2.05) is 29.6 Å². The number of ether oxygens (including phenoxy) is 1. The van der Waals surface area contributed by atoms with Crippen molar-refractivity contribution in [2.45, 2.75) is 19.4 Å². The number of nitrogens with one attached hydrogen (secondary N) is 1. The Balaban J connectivity index is 1.82. The molecule has 2 aromatic rings. The Morgan fingerprint density at radius 3 is 2.85 bits per heavy atom. The predicted octanol–water partition coefficient (Wildman–Crippen LogP) is 3.52. The lowest BCUT2D eigenvalue weighted by Gasteiger charge is -2.06. The van der Waals surface area contributed by atoms with Gasteiger partial charge in [0.15, 0.2) is 0 Å². The van der Waals surface area contributed by atoms with Gasteiger partial charge >= 0.3 is 0 Å². The van der Waals surface area contributed by atoms with Crippen molar-refractivity contribution in [1.29, 1.82) is 0 Å². The molecule has 0 aliphatic carbocycles. The summed E-state index contributed by atoms with van der Waals surface area (Å²) < 4.78 is 5.56. The van der Waals surface area contributed by atoms with E-state index in [0.717, 1.165) is 11.3 Å². The number of rotatable bonds is 7. The fraction of sp³-hybridized carbons (Fsp3) is 0.200. The minimum atomic E-state index is 0.0352. The summed E-state index contributed by atoms with van der Waals surface area (Å²) in [7, 11) is 0. The molecule has 0 fully saturated rings. The molecule has 1 aromatic carbocycles. The van der Waals surface area contributed by atoms with Gasteiger partial charge < -0.3 is 10.1 Å². The van der Waals surface area contributed by atoms with E-state index < -0.39 is 0 Å². The molecule has 1 amide bonds. The molecular formula is C15H16N2O2S. The van der Waals surface area contributed by atoms with Crippen LogP contribution in [-0.2, 0) is 11.3 Å². The van der Waals surface area contributed by atoms with Gasteiger partial charge in [0.25, 0.3) is 5.19 Å². The highest BCUT2D eigenvalue weighted by molar-refractivity contribution is 7.11. The molecule has 104 valence electrons. The van der Waals surface area contributed by atoms with Crippen molar-refractivity contribution < 1.29 is 9.53 Å². The third-order valence-electron chi connectivity index (χ3n) is 2.60. The van der Waals surface area contributed by atoms with Gasteiger partial charge in [-0.1, -0.05) is 29.5 Å². The molecule has 0 radical (unpaired) electrons. The van der Waals surface area contributed by atoms with Gasteiger partial charge in [0.1, 0.15) is 5.75 Å². The number of allylic oxidation sites excluding steroid dienone is 1. The lowest BCUT2D eigenvalue weighted by atomic mass is 10.2. The Kier molecular flexibility index (Phi) is 5.32. The first kappa shape index (κ1) is 14.3. The molecule has 0 aliphatic heterocycles. The zero-order chi connectivity index (χ0) is 14.2. The number of amides is 1. The number of carbonyl (C=O) groups is 1. The van der Waals surface area contributed by atoms with Crippen molar-refractivity contribution in [2.75, 3.05) is 0 Å². The fourth-order valence-electron chi connectivity index (χ4n) is 1.56. The Labute approximate surface area is 122 Å². The summed E-state index contributed by atoms with van der Waals surface area (Å²) in [6.45, 7) is 4.11. The molecule has 0 aliphatic rings. The molecule has 0 bridgehead atoms. The number of aromatic nitrogens is 1. The maximum atomic E-state index is 11.5. The maximum Gasteiger partial charge on any atom is 0.278 e. The van der Waals surface area contributed by atoms with E-state index in [2.05, 4.69) is 16.9 Å². The summed E-state index contributed by atoms with van der Waals surface area (Å²) in [6.07, 6.45) is 4.62. The average Bonchev–Trinajstić information content (AvgIpc) is 2.97. The van der Waals surface area contributed by atoms with Crippen molar-refractivity contribution in [2.24, 2.45) is 0 Å². The summed E-state index contributed by atoms with van der Waals surface area (Å²) in [4.78, 5) is 15.5. The van der Waals surface area contributed by atoms with Crippen molar-refractivity contribution in [1.82, 2.24) is 10.3 Å². The summed E-state index contributed by atoms with van der Waals surface area (Å²) >= 11 is 1.45. The van der Waals surface area contributed by atoms with Gasteiger partial charge in [-0.05, 0) is 24.1 Å². The van der Waals surface area contributed by atoms with Crippen LogP contribution in [-0.4, -0.2) is 10.9 Å². The third-order valence-corrected chi connectivity index (χ3v) is 3.25. The predicted molar refractivity (Wildman–Crippen MR) is 79.9 cm³/mol. The van der Waals surface area contributed by atoms with Crippen LogP contribution in [0.15, 0.2) is 48.5 Å². The van der Waals surface area contributed by atoms with Crippen molar-refractivity contribution in [3.63, 3.8) is 0 Å². The van der Waals surface area contributed by atoms with Crippen LogP contribution >= 0.6 is 11.3 Å². The molecular weight excluding hydrogens is 272 g/mol. The summed E-state index contributed by atoms with van der Waals surface area (Å²) in [6, 6.07) is 7.59. The highest BCUT2D eigenvalue weighted by Gasteiger charge is 2.02. The van der Waals surface area contributed by atoms with E-state index in [9.17, 15) is 4.79 Å². The molecule has 0 saturated heterocycles. The van der Waals surface area contributed by atoms with E-state index in [0.29, 0.717) is 24.6 Å². The lowest BCUT2D eigenvalue weighted by Crippen LogP contribution is -2.22. The molecule has 0 atom stereocenters. The summed E-state index contributed by atoms with van der Waals surface area (Å²) in [5, 5.41) is 5.35. The third kappa shape index (κ3) is 4.51. The van der Waals surface area contributed by atoms with Crippen LogP contribution in [0.2, 0.25) is 0 Å². The normalized spacial score (nSPS) is 10.0. The van der Waals surface area contributed by atoms with Crippen molar-refractivity contribution in [3.05, 3.63) is 54.1 Å². The van der Waals surface area contributed by atoms with Crippen molar-refractivity contribution >= 4 is 17.2 Å². The minimum absolute atomic E-state index is 0.0352. The van der Waals surface area contributed by atoms with E-state index in [4.69, 9.17) is 4.74 Å². The largest absolute Gasteiger partial charge is 0.431 e. The van der Waals surface area contributed by atoms with Crippen LogP contribution in [0.1, 0.15) is 18.4 Å². The minimum Gasteiger partial charge on any atom is -0.431 e. The van der Waals surface area contributed by atoms with Gasteiger partial charge in [-0.2, -0.15) is 0 Å². The molecule has 2 rings (SSSR count). The van der Waals surface area contributed by atoms with Crippen LogP contribution < -0.4 is 10.1 Å².